The quantitative estimate of drug-likeness (QED) is 0.228. The highest BCUT2D eigenvalue weighted by Crippen LogP contribution is 2.45. The molecule has 0 fully saturated rings. The summed E-state index contributed by atoms with van der Waals surface area (Å²) in [7, 11) is 0. The first-order valence-electron chi connectivity index (χ1n) is 13.1. The van der Waals surface area contributed by atoms with Crippen molar-refractivity contribution in [2.24, 2.45) is 0 Å². The van der Waals surface area contributed by atoms with E-state index in [4.69, 9.17) is 15.0 Å². The molecule has 0 amide bonds. The number of aromatic nitrogens is 5. The first-order valence-corrected chi connectivity index (χ1v) is 13.9. The Labute approximate surface area is 234 Å². The summed E-state index contributed by atoms with van der Waals surface area (Å²) in [4.78, 5) is 19.4. The van der Waals surface area contributed by atoms with Crippen molar-refractivity contribution in [2.75, 3.05) is 0 Å². The smallest absolute Gasteiger partial charge is 0.165 e. The van der Waals surface area contributed by atoms with E-state index in [0.717, 1.165) is 38.0 Å². The highest BCUT2D eigenvalue weighted by molar-refractivity contribution is 7.27. The molecular formula is C34H21N5S. The van der Waals surface area contributed by atoms with Gasteiger partial charge in [-0.15, -0.1) is 11.3 Å². The van der Waals surface area contributed by atoms with Crippen molar-refractivity contribution in [1.29, 1.82) is 0 Å². The summed E-state index contributed by atoms with van der Waals surface area (Å²) in [6, 6.07) is 39.2. The lowest BCUT2D eigenvalue weighted by atomic mass is 10.1. The van der Waals surface area contributed by atoms with Gasteiger partial charge in [0, 0.05) is 50.2 Å². The second-order valence-electron chi connectivity index (χ2n) is 9.56. The lowest BCUT2D eigenvalue weighted by Crippen LogP contribution is -2.00. The third kappa shape index (κ3) is 3.61. The number of thiophene rings is 1. The zero-order chi connectivity index (χ0) is 26.5. The summed E-state index contributed by atoms with van der Waals surface area (Å²) < 4.78 is 4.69. The first-order chi connectivity index (χ1) is 19.8. The Hall–Kier alpha value is -5.20. The maximum Gasteiger partial charge on any atom is 0.165 e. The molecule has 0 saturated carbocycles. The van der Waals surface area contributed by atoms with Gasteiger partial charge in [0.15, 0.2) is 17.5 Å². The number of para-hydroxylation sites is 1. The third-order valence-electron chi connectivity index (χ3n) is 7.15. The summed E-state index contributed by atoms with van der Waals surface area (Å²) in [6.07, 6.45) is 3.83. The number of hydrogen-bond acceptors (Lipinski definition) is 5. The fraction of sp³-hybridized carbons (Fsp3) is 0. The second kappa shape index (κ2) is 9.22. The monoisotopic (exact) mass is 531 g/mol. The van der Waals surface area contributed by atoms with Crippen LogP contribution in [0.3, 0.4) is 0 Å². The van der Waals surface area contributed by atoms with Gasteiger partial charge in [-0.2, -0.15) is 0 Å². The number of benzene rings is 4. The Morgan fingerprint density at radius 3 is 1.82 bits per heavy atom. The van der Waals surface area contributed by atoms with Crippen LogP contribution in [0, 0.1) is 0 Å². The van der Waals surface area contributed by atoms with Gasteiger partial charge in [-0.3, -0.25) is 4.98 Å². The van der Waals surface area contributed by atoms with E-state index in [9.17, 15) is 0 Å². The van der Waals surface area contributed by atoms with Crippen LogP contribution in [0.15, 0.2) is 128 Å². The number of nitrogens with zero attached hydrogens (tertiary/aromatic N) is 5. The van der Waals surface area contributed by atoms with Crippen LogP contribution < -0.4 is 0 Å². The topological polar surface area (TPSA) is 56.5 Å². The first kappa shape index (κ1) is 22.8. The van der Waals surface area contributed by atoms with Crippen molar-refractivity contribution < 1.29 is 0 Å². The molecule has 8 rings (SSSR count). The zero-order valence-electron chi connectivity index (χ0n) is 21.3. The predicted octanol–water partition coefficient (Wildman–Crippen LogP) is 8.58. The van der Waals surface area contributed by atoms with Gasteiger partial charge < -0.3 is 4.57 Å². The molecule has 40 heavy (non-hydrogen) atoms. The lowest BCUT2D eigenvalue weighted by Gasteiger charge is -2.10. The SMILES string of the molecule is c1ccc(-c2nc(-c3ccccc3)nc(-c3cccc4c3sc3c5cnccc5n(-c5ccccc5)c43)n2)cc1. The summed E-state index contributed by atoms with van der Waals surface area (Å²) >= 11 is 1.77. The zero-order valence-corrected chi connectivity index (χ0v) is 22.1. The predicted molar refractivity (Wildman–Crippen MR) is 164 cm³/mol. The van der Waals surface area contributed by atoms with Crippen LogP contribution in [0.1, 0.15) is 0 Å². The summed E-state index contributed by atoms with van der Waals surface area (Å²) in [5, 5.41) is 2.31. The molecule has 0 spiro atoms. The standard InChI is InChI=1S/C34H21N5S/c1-4-11-22(12-5-1)32-36-33(23-13-6-2-7-14-23)38-34(37-32)26-18-10-17-25-29-31(40-30(25)26)27-21-35-20-19-28(27)39(29)24-15-8-3-9-16-24/h1-21H. The molecule has 4 heterocycles. The van der Waals surface area contributed by atoms with Gasteiger partial charge in [-0.25, -0.2) is 15.0 Å². The number of hydrogen-bond donors (Lipinski definition) is 0. The van der Waals surface area contributed by atoms with Gasteiger partial charge in [0.05, 0.1) is 15.7 Å². The van der Waals surface area contributed by atoms with E-state index in [1.807, 2.05) is 79.1 Å². The molecule has 0 unspecified atom stereocenters. The third-order valence-corrected chi connectivity index (χ3v) is 8.41. The Bertz CT molecular complexity index is 2090. The minimum absolute atomic E-state index is 0.658. The Balaban J connectivity index is 1.43. The van der Waals surface area contributed by atoms with Gasteiger partial charge in [-0.05, 0) is 24.3 Å². The summed E-state index contributed by atoms with van der Waals surface area (Å²) in [5.41, 5.74) is 6.35. The van der Waals surface area contributed by atoms with Crippen molar-refractivity contribution in [2.45, 2.75) is 0 Å². The Kier molecular flexibility index (Phi) is 5.24. The fourth-order valence-corrected chi connectivity index (χ4v) is 6.65. The van der Waals surface area contributed by atoms with E-state index in [0.29, 0.717) is 17.5 Å². The molecule has 0 N–H and O–H groups in total. The molecule has 0 atom stereocenters. The largest absolute Gasteiger partial charge is 0.308 e. The average Bonchev–Trinajstić information content (AvgIpc) is 3.57. The van der Waals surface area contributed by atoms with E-state index in [1.165, 1.54) is 15.6 Å². The molecule has 0 bridgehead atoms. The molecule has 5 nitrogen and oxygen atoms in total. The lowest BCUT2D eigenvalue weighted by molar-refractivity contribution is 1.08. The molecule has 0 saturated heterocycles. The number of pyridine rings is 1. The molecule has 0 radical (unpaired) electrons. The van der Waals surface area contributed by atoms with Crippen molar-refractivity contribution in [1.82, 2.24) is 24.5 Å². The molecular weight excluding hydrogens is 510 g/mol. The van der Waals surface area contributed by atoms with Crippen molar-refractivity contribution in [3.05, 3.63) is 128 Å². The van der Waals surface area contributed by atoms with Crippen LogP contribution in [-0.4, -0.2) is 24.5 Å². The van der Waals surface area contributed by atoms with Crippen LogP contribution in [0.25, 0.3) is 71.1 Å². The molecule has 4 aromatic heterocycles. The molecule has 8 aromatic rings. The highest BCUT2D eigenvalue weighted by atomic mass is 32.1. The van der Waals surface area contributed by atoms with Crippen LogP contribution in [0.5, 0.6) is 0 Å². The summed E-state index contributed by atoms with van der Waals surface area (Å²) in [5.74, 6) is 1.98. The van der Waals surface area contributed by atoms with E-state index < -0.39 is 0 Å². The number of rotatable bonds is 4. The Morgan fingerprint density at radius 1 is 0.525 bits per heavy atom. The van der Waals surface area contributed by atoms with Crippen LogP contribution in [0.4, 0.5) is 0 Å². The van der Waals surface area contributed by atoms with E-state index in [-0.39, 0.29) is 0 Å². The molecule has 0 aliphatic rings. The van der Waals surface area contributed by atoms with Crippen molar-refractivity contribution >= 4 is 42.5 Å². The fourth-order valence-electron chi connectivity index (χ4n) is 5.34. The molecule has 0 aliphatic heterocycles. The van der Waals surface area contributed by atoms with Crippen LogP contribution in [-0.2, 0) is 0 Å². The normalized spacial score (nSPS) is 11.5. The van der Waals surface area contributed by atoms with Crippen molar-refractivity contribution in [3.63, 3.8) is 0 Å². The van der Waals surface area contributed by atoms with Crippen molar-refractivity contribution in [3.8, 4) is 39.9 Å². The van der Waals surface area contributed by atoms with Crippen LogP contribution in [0.2, 0.25) is 0 Å². The molecule has 4 aromatic carbocycles. The minimum Gasteiger partial charge on any atom is -0.308 e. The van der Waals surface area contributed by atoms with Gasteiger partial charge in [0.2, 0.25) is 0 Å². The van der Waals surface area contributed by atoms with E-state index in [1.54, 1.807) is 11.3 Å². The summed E-state index contributed by atoms with van der Waals surface area (Å²) in [6.45, 7) is 0. The second-order valence-corrected chi connectivity index (χ2v) is 10.6. The van der Waals surface area contributed by atoms with Gasteiger partial charge in [0.25, 0.3) is 0 Å². The Morgan fingerprint density at radius 2 is 1.15 bits per heavy atom. The van der Waals surface area contributed by atoms with Gasteiger partial charge in [0.1, 0.15) is 0 Å². The molecule has 188 valence electrons. The molecule has 0 aliphatic carbocycles. The minimum atomic E-state index is 0.658. The molecule has 6 heteroatoms. The average molecular weight is 532 g/mol. The number of fused-ring (bicyclic) bond motifs is 5. The van der Waals surface area contributed by atoms with Gasteiger partial charge in [-0.1, -0.05) is 91.0 Å². The van der Waals surface area contributed by atoms with Gasteiger partial charge >= 0.3 is 0 Å². The maximum atomic E-state index is 5.01. The van der Waals surface area contributed by atoms with E-state index >= 15 is 0 Å². The highest BCUT2D eigenvalue weighted by Gasteiger charge is 2.21. The maximum absolute atomic E-state index is 5.01. The van der Waals surface area contributed by atoms with E-state index in [2.05, 4.69) is 58.1 Å². The van der Waals surface area contributed by atoms with Crippen LogP contribution >= 0.6 is 11.3 Å².